The van der Waals surface area contributed by atoms with Gasteiger partial charge in [0.05, 0.1) is 0 Å². The molecule has 15 heavy (non-hydrogen) atoms. The van der Waals surface area contributed by atoms with Gasteiger partial charge in [-0.15, -0.1) is 0 Å². The van der Waals surface area contributed by atoms with E-state index in [4.69, 9.17) is 0 Å². The zero-order chi connectivity index (χ0) is 10.8. The number of hydrogen-bond donors (Lipinski definition) is 0. The molecule has 0 aromatic heterocycles. The SMILES string of the molecule is CC(C(=O)N1CCN(C=O)CC1)C1CC1. The smallest absolute Gasteiger partial charge is 0.225 e. The van der Waals surface area contributed by atoms with E-state index < -0.39 is 0 Å². The standard InChI is InChI=1S/C11H18N2O2/c1-9(10-2-3-10)11(15)13-6-4-12(8-14)5-7-13/h8-10H,2-7H2,1H3. The fraction of sp³-hybridized carbons (Fsp3) is 0.818. The first kappa shape index (κ1) is 10.5. The highest BCUT2D eigenvalue weighted by atomic mass is 16.2. The van der Waals surface area contributed by atoms with Crippen LogP contribution in [0.2, 0.25) is 0 Å². The van der Waals surface area contributed by atoms with E-state index in [0.717, 1.165) is 6.41 Å². The lowest BCUT2D eigenvalue weighted by Gasteiger charge is -2.34. The summed E-state index contributed by atoms with van der Waals surface area (Å²) < 4.78 is 0. The molecule has 0 bridgehead atoms. The first-order valence-electron chi connectivity index (χ1n) is 5.70. The predicted octanol–water partition coefficient (Wildman–Crippen LogP) is 0.333. The quantitative estimate of drug-likeness (QED) is 0.630. The lowest BCUT2D eigenvalue weighted by atomic mass is 10.0. The molecule has 2 rings (SSSR count). The molecule has 0 spiro atoms. The average molecular weight is 210 g/mol. The van der Waals surface area contributed by atoms with E-state index in [2.05, 4.69) is 0 Å². The van der Waals surface area contributed by atoms with Gasteiger partial charge in [-0.1, -0.05) is 6.92 Å². The highest BCUT2D eigenvalue weighted by molar-refractivity contribution is 5.79. The van der Waals surface area contributed by atoms with E-state index in [1.54, 1.807) is 4.90 Å². The summed E-state index contributed by atoms with van der Waals surface area (Å²) in [5.41, 5.74) is 0. The number of carbonyl (C=O) groups excluding carboxylic acids is 2. The summed E-state index contributed by atoms with van der Waals surface area (Å²) in [4.78, 5) is 26.1. The summed E-state index contributed by atoms with van der Waals surface area (Å²) in [6.07, 6.45) is 3.29. The normalized spacial score (nSPS) is 23.8. The van der Waals surface area contributed by atoms with Crippen LogP contribution in [0.3, 0.4) is 0 Å². The zero-order valence-corrected chi connectivity index (χ0v) is 9.19. The van der Waals surface area contributed by atoms with E-state index in [0.29, 0.717) is 32.1 Å². The van der Waals surface area contributed by atoms with Gasteiger partial charge in [-0.3, -0.25) is 9.59 Å². The highest BCUT2D eigenvalue weighted by Crippen LogP contribution is 2.37. The Morgan fingerprint density at radius 1 is 1.27 bits per heavy atom. The van der Waals surface area contributed by atoms with Crippen LogP contribution in [-0.4, -0.2) is 48.3 Å². The minimum absolute atomic E-state index is 0.188. The summed E-state index contributed by atoms with van der Waals surface area (Å²) in [6, 6.07) is 0. The lowest BCUT2D eigenvalue weighted by molar-refractivity contribution is -0.139. The Morgan fingerprint density at radius 2 is 1.87 bits per heavy atom. The first-order valence-corrected chi connectivity index (χ1v) is 5.70. The molecular formula is C11H18N2O2. The lowest BCUT2D eigenvalue weighted by Crippen LogP contribution is -2.49. The number of amides is 2. The van der Waals surface area contributed by atoms with Crippen molar-refractivity contribution in [3.05, 3.63) is 0 Å². The fourth-order valence-corrected chi connectivity index (χ4v) is 2.13. The third kappa shape index (κ3) is 2.30. The molecule has 1 aliphatic carbocycles. The summed E-state index contributed by atoms with van der Waals surface area (Å²) in [5, 5.41) is 0. The second kappa shape index (κ2) is 4.21. The van der Waals surface area contributed by atoms with Crippen LogP contribution in [0, 0.1) is 11.8 Å². The van der Waals surface area contributed by atoms with Gasteiger partial charge in [0.2, 0.25) is 12.3 Å². The minimum Gasteiger partial charge on any atom is -0.342 e. The molecule has 1 atom stereocenters. The number of carbonyl (C=O) groups is 2. The third-order valence-electron chi connectivity index (χ3n) is 3.49. The number of rotatable bonds is 3. The van der Waals surface area contributed by atoms with Crippen molar-refractivity contribution in [3.8, 4) is 0 Å². The molecule has 0 aromatic carbocycles. The molecular weight excluding hydrogens is 192 g/mol. The van der Waals surface area contributed by atoms with E-state index in [9.17, 15) is 9.59 Å². The summed E-state index contributed by atoms with van der Waals surface area (Å²) >= 11 is 0. The molecule has 0 N–H and O–H groups in total. The van der Waals surface area contributed by atoms with Crippen LogP contribution < -0.4 is 0 Å². The molecule has 1 saturated carbocycles. The van der Waals surface area contributed by atoms with Crippen molar-refractivity contribution in [3.63, 3.8) is 0 Å². The van der Waals surface area contributed by atoms with Crippen molar-refractivity contribution in [2.75, 3.05) is 26.2 Å². The second-order valence-electron chi connectivity index (χ2n) is 4.59. The van der Waals surface area contributed by atoms with Crippen LogP contribution >= 0.6 is 0 Å². The molecule has 0 radical (unpaired) electrons. The van der Waals surface area contributed by atoms with Crippen LogP contribution in [0.15, 0.2) is 0 Å². The largest absolute Gasteiger partial charge is 0.342 e. The Kier molecular flexibility index (Phi) is 2.93. The van der Waals surface area contributed by atoms with Crippen molar-refractivity contribution >= 4 is 12.3 Å². The van der Waals surface area contributed by atoms with Crippen LogP contribution in [-0.2, 0) is 9.59 Å². The number of piperazine rings is 1. The van der Waals surface area contributed by atoms with Crippen LogP contribution in [0.4, 0.5) is 0 Å². The molecule has 1 heterocycles. The molecule has 1 unspecified atom stereocenters. The van der Waals surface area contributed by atoms with Gasteiger partial charge >= 0.3 is 0 Å². The molecule has 1 saturated heterocycles. The Hall–Kier alpha value is -1.06. The van der Waals surface area contributed by atoms with Gasteiger partial charge in [0, 0.05) is 32.1 Å². The van der Waals surface area contributed by atoms with Crippen molar-refractivity contribution in [2.24, 2.45) is 11.8 Å². The maximum absolute atomic E-state index is 12.0. The van der Waals surface area contributed by atoms with Crippen LogP contribution in [0.25, 0.3) is 0 Å². The Morgan fingerprint density at radius 3 is 2.33 bits per heavy atom. The van der Waals surface area contributed by atoms with Crippen molar-refractivity contribution in [1.82, 2.24) is 9.80 Å². The van der Waals surface area contributed by atoms with Crippen molar-refractivity contribution in [2.45, 2.75) is 19.8 Å². The number of hydrogen-bond acceptors (Lipinski definition) is 2. The van der Waals surface area contributed by atoms with Gasteiger partial charge in [-0.25, -0.2) is 0 Å². The van der Waals surface area contributed by atoms with Crippen molar-refractivity contribution in [1.29, 1.82) is 0 Å². The first-order chi connectivity index (χ1) is 7.22. The molecule has 2 amide bonds. The Balaban J connectivity index is 1.83. The highest BCUT2D eigenvalue weighted by Gasteiger charge is 2.35. The zero-order valence-electron chi connectivity index (χ0n) is 9.19. The molecule has 1 aliphatic heterocycles. The minimum atomic E-state index is 0.188. The molecule has 0 aromatic rings. The summed E-state index contributed by atoms with van der Waals surface area (Å²) in [7, 11) is 0. The van der Waals surface area contributed by atoms with Gasteiger partial charge in [-0.05, 0) is 18.8 Å². The monoisotopic (exact) mass is 210 g/mol. The van der Waals surface area contributed by atoms with Gasteiger partial charge < -0.3 is 9.80 Å². The van der Waals surface area contributed by atoms with E-state index in [1.165, 1.54) is 12.8 Å². The summed E-state index contributed by atoms with van der Waals surface area (Å²) in [5.74, 6) is 1.09. The number of nitrogens with zero attached hydrogens (tertiary/aromatic N) is 2. The molecule has 4 heteroatoms. The van der Waals surface area contributed by atoms with Crippen LogP contribution in [0.5, 0.6) is 0 Å². The van der Waals surface area contributed by atoms with Gasteiger partial charge in [-0.2, -0.15) is 0 Å². The predicted molar refractivity (Wildman–Crippen MR) is 56.1 cm³/mol. The molecule has 4 nitrogen and oxygen atoms in total. The van der Waals surface area contributed by atoms with Gasteiger partial charge in [0.15, 0.2) is 0 Å². The molecule has 84 valence electrons. The second-order valence-corrected chi connectivity index (χ2v) is 4.59. The van der Waals surface area contributed by atoms with Crippen molar-refractivity contribution < 1.29 is 9.59 Å². The van der Waals surface area contributed by atoms with E-state index >= 15 is 0 Å². The van der Waals surface area contributed by atoms with Gasteiger partial charge in [0.25, 0.3) is 0 Å². The molecule has 2 fully saturated rings. The van der Waals surface area contributed by atoms with E-state index in [-0.39, 0.29) is 11.8 Å². The van der Waals surface area contributed by atoms with E-state index in [1.807, 2.05) is 11.8 Å². The van der Waals surface area contributed by atoms with Gasteiger partial charge in [0.1, 0.15) is 0 Å². The average Bonchev–Trinajstić information content (AvgIpc) is 3.11. The third-order valence-corrected chi connectivity index (χ3v) is 3.49. The Labute approximate surface area is 90.2 Å². The molecule has 2 aliphatic rings. The topological polar surface area (TPSA) is 40.6 Å². The van der Waals surface area contributed by atoms with Crippen LogP contribution in [0.1, 0.15) is 19.8 Å². The maximum Gasteiger partial charge on any atom is 0.225 e. The fourth-order valence-electron chi connectivity index (χ4n) is 2.13. The summed E-state index contributed by atoms with van der Waals surface area (Å²) in [6.45, 7) is 4.81. The maximum atomic E-state index is 12.0. The Bertz CT molecular complexity index is 255.